The number of rotatable bonds is 3. The van der Waals surface area contributed by atoms with Crippen molar-refractivity contribution in [1.29, 1.82) is 0 Å². The molecule has 1 aliphatic rings. The maximum absolute atomic E-state index is 12.9. The Morgan fingerprint density at radius 2 is 1.81 bits per heavy atom. The molecule has 1 heterocycles. The van der Waals surface area contributed by atoms with Crippen LogP contribution in [-0.2, 0) is 4.79 Å². The highest BCUT2D eigenvalue weighted by Crippen LogP contribution is 2.24. The van der Waals surface area contributed by atoms with Crippen molar-refractivity contribution in [2.45, 2.75) is 32.7 Å². The van der Waals surface area contributed by atoms with Gasteiger partial charge < -0.3 is 9.80 Å². The molecule has 0 aromatic heterocycles. The molecule has 0 aliphatic carbocycles. The molecule has 2 amide bonds. The molecule has 1 atom stereocenters. The zero-order chi connectivity index (χ0) is 18.8. The van der Waals surface area contributed by atoms with Crippen LogP contribution in [0.3, 0.4) is 0 Å². The molecule has 0 unspecified atom stereocenters. The predicted octanol–water partition coefficient (Wildman–Crippen LogP) is 4.45. The van der Waals surface area contributed by atoms with Gasteiger partial charge in [0.1, 0.15) is 6.04 Å². The third kappa shape index (κ3) is 3.68. The standard InChI is InChI=1S/C21H23BrN2O2/c1-14(2)16-7-9-19(10-8-16)24-12-11-23(15(3)20(24)25)21(26)17-5-4-6-18(22)13-17/h4-10,13-15H,11-12H2,1-3H3/t15-/m1/s1. The quantitative estimate of drug-likeness (QED) is 0.743. The Morgan fingerprint density at radius 3 is 2.42 bits per heavy atom. The molecule has 1 fully saturated rings. The highest BCUT2D eigenvalue weighted by Gasteiger charge is 2.35. The average Bonchev–Trinajstić information content (AvgIpc) is 2.63. The summed E-state index contributed by atoms with van der Waals surface area (Å²) in [6.45, 7) is 7.12. The van der Waals surface area contributed by atoms with Crippen LogP contribution in [0.1, 0.15) is 42.6 Å². The fourth-order valence-electron chi connectivity index (χ4n) is 3.23. The number of halogens is 1. The summed E-state index contributed by atoms with van der Waals surface area (Å²) in [5.41, 5.74) is 2.73. The maximum Gasteiger partial charge on any atom is 0.254 e. The van der Waals surface area contributed by atoms with Gasteiger partial charge in [0, 0.05) is 28.8 Å². The van der Waals surface area contributed by atoms with E-state index in [1.54, 1.807) is 28.9 Å². The van der Waals surface area contributed by atoms with Crippen molar-refractivity contribution in [2.24, 2.45) is 0 Å². The van der Waals surface area contributed by atoms with Crippen LogP contribution in [0.4, 0.5) is 5.69 Å². The van der Waals surface area contributed by atoms with E-state index < -0.39 is 6.04 Å². The number of carbonyl (C=O) groups excluding carboxylic acids is 2. The highest BCUT2D eigenvalue weighted by atomic mass is 79.9. The molecule has 4 nitrogen and oxygen atoms in total. The third-order valence-electron chi connectivity index (χ3n) is 4.86. The van der Waals surface area contributed by atoms with E-state index in [1.165, 1.54) is 5.56 Å². The zero-order valence-electron chi connectivity index (χ0n) is 15.3. The van der Waals surface area contributed by atoms with Crippen molar-refractivity contribution < 1.29 is 9.59 Å². The Labute approximate surface area is 162 Å². The Balaban J connectivity index is 1.77. The molecule has 2 aromatic carbocycles. The molecule has 2 aromatic rings. The second kappa shape index (κ2) is 7.62. The number of hydrogen-bond donors (Lipinski definition) is 0. The van der Waals surface area contributed by atoms with Crippen molar-refractivity contribution in [1.82, 2.24) is 4.90 Å². The summed E-state index contributed by atoms with van der Waals surface area (Å²) >= 11 is 3.39. The first-order valence-electron chi connectivity index (χ1n) is 8.86. The van der Waals surface area contributed by atoms with Gasteiger partial charge in [-0.05, 0) is 48.7 Å². The normalized spacial score (nSPS) is 17.7. The van der Waals surface area contributed by atoms with Crippen LogP contribution in [0.5, 0.6) is 0 Å². The van der Waals surface area contributed by atoms with E-state index in [0.717, 1.165) is 10.2 Å². The summed E-state index contributed by atoms with van der Waals surface area (Å²) in [6.07, 6.45) is 0. The summed E-state index contributed by atoms with van der Waals surface area (Å²) in [4.78, 5) is 29.1. The molecule has 136 valence electrons. The van der Waals surface area contributed by atoms with E-state index in [1.807, 2.05) is 24.3 Å². The molecule has 0 spiro atoms. The molecule has 0 saturated carbocycles. The largest absolute Gasteiger partial charge is 0.325 e. The molecule has 0 bridgehead atoms. The van der Waals surface area contributed by atoms with Gasteiger partial charge in [0.15, 0.2) is 0 Å². The Morgan fingerprint density at radius 1 is 1.12 bits per heavy atom. The fraction of sp³-hybridized carbons (Fsp3) is 0.333. The summed E-state index contributed by atoms with van der Waals surface area (Å²) in [5.74, 6) is 0.303. The molecule has 1 aliphatic heterocycles. The van der Waals surface area contributed by atoms with Gasteiger partial charge in [0.2, 0.25) is 5.91 Å². The summed E-state index contributed by atoms with van der Waals surface area (Å²) < 4.78 is 0.853. The zero-order valence-corrected chi connectivity index (χ0v) is 16.9. The van der Waals surface area contributed by atoms with Crippen LogP contribution >= 0.6 is 15.9 Å². The van der Waals surface area contributed by atoms with E-state index in [4.69, 9.17) is 0 Å². The molecule has 5 heteroatoms. The van der Waals surface area contributed by atoms with Crippen molar-refractivity contribution >= 4 is 33.4 Å². The molecular formula is C21H23BrN2O2. The van der Waals surface area contributed by atoms with Gasteiger partial charge >= 0.3 is 0 Å². The molecule has 0 radical (unpaired) electrons. The van der Waals surface area contributed by atoms with Crippen LogP contribution in [0.15, 0.2) is 53.0 Å². The minimum Gasteiger partial charge on any atom is -0.325 e. The fourth-order valence-corrected chi connectivity index (χ4v) is 3.63. The van der Waals surface area contributed by atoms with Gasteiger partial charge in [-0.15, -0.1) is 0 Å². The van der Waals surface area contributed by atoms with E-state index in [0.29, 0.717) is 24.6 Å². The number of piperazine rings is 1. The van der Waals surface area contributed by atoms with E-state index >= 15 is 0 Å². The number of amides is 2. The van der Waals surface area contributed by atoms with Crippen LogP contribution in [0, 0.1) is 0 Å². The number of carbonyl (C=O) groups is 2. The number of benzene rings is 2. The first-order chi connectivity index (χ1) is 12.4. The molecular weight excluding hydrogens is 392 g/mol. The molecule has 0 N–H and O–H groups in total. The summed E-state index contributed by atoms with van der Waals surface area (Å²) in [7, 11) is 0. The van der Waals surface area contributed by atoms with Crippen LogP contribution in [0.25, 0.3) is 0 Å². The summed E-state index contributed by atoms with van der Waals surface area (Å²) in [6, 6.07) is 14.9. The number of anilines is 1. The van der Waals surface area contributed by atoms with Crippen LogP contribution in [0.2, 0.25) is 0 Å². The SMILES string of the molecule is CC(C)c1ccc(N2CCN(C(=O)c3cccc(Br)c3)[C@H](C)C2=O)cc1. The Kier molecular flexibility index (Phi) is 5.47. The van der Waals surface area contributed by atoms with Crippen molar-refractivity contribution in [2.75, 3.05) is 18.0 Å². The highest BCUT2D eigenvalue weighted by molar-refractivity contribution is 9.10. The second-order valence-corrected chi connectivity index (χ2v) is 7.84. The number of nitrogens with zero attached hydrogens (tertiary/aromatic N) is 2. The van der Waals surface area contributed by atoms with Gasteiger partial charge in [0.05, 0.1) is 0 Å². The minimum absolute atomic E-state index is 0.0445. The molecule has 1 saturated heterocycles. The minimum atomic E-state index is -0.486. The lowest BCUT2D eigenvalue weighted by atomic mass is 10.0. The van der Waals surface area contributed by atoms with Crippen molar-refractivity contribution in [3.63, 3.8) is 0 Å². The average molecular weight is 415 g/mol. The smallest absolute Gasteiger partial charge is 0.254 e. The predicted molar refractivity (Wildman–Crippen MR) is 108 cm³/mol. The van der Waals surface area contributed by atoms with Gasteiger partial charge in [-0.2, -0.15) is 0 Å². The van der Waals surface area contributed by atoms with E-state index in [-0.39, 0.29) is 11.8 Å². The first kappa shape index (κ1) is 18.6. The van der Waals surface area contributed by atoms with Crippen molar-refractivity contribution in [3.05, 3.63) is 64.1 Å². The number of hydrogen-bond acceptors (Lipinski definition) is 2. The van der Waals surface area contributed by atoms with Crippen LogP contribution < -0.4 is 4.90 Å². The monoisotopic (exact) mass is 414 g/mol. The lowest BCUT2D eigenvalue weighted by molar-refractivity contribution is -0.124. The van der Waals surface area contributed by atoms with Gasteiger partial charge in [0.25, 0.3) is 5.91 Å². The lowest BCUT2D eigenvalue weighted by Gasteiger charge is -2.39. The maximum atomic E-state index is 12.9. The van der Waals surface area contributed by atoms with E-state index in [2.05, 4.69) is 41.9 Å². The van der Waals surface area contributed by atoms with Gasteiger partial charge in [-0.25, -0.2) is 0 Å². The van der Waals surface area contributed by atoms with Crippen molar-refractivity contribution in [3.8, 4) is 0 Å². The van der Waals surface area contributed by atoms with Crippen LogP contribution in [-0.4, -0.2) is 35.8 Å². The van der Waals surface area contributed by atoms with Gasteiger partial charge in [-0.3, -0.25) is 9.59 Å². The second-order valence-electron chi connectivity index (χ2n) is 6.92. The Hall–Kier alpha value is -2.14. The Bertz CT molecular complexity index is 817. The first-order valence-corrected chi connectivity index (χ1v) is 9.65. The topological polar surface area (TPSA) is 40.6 Å². The van der Waals surface area contributed by atoms with E-state index in [9.17, 15) is 9.59 Å². The molecule has 3 rings (SSSR count). The third-order valence-corrected chi connectivity index (χ3v) is 5.35. The lowest BCUT2D eigenvalue weighted by Crippen LogP contribution is -2.57. The summed E-state index contributed by atoms with van der Waals surface area (Å²) in [5, 5.41) is 0. The van der Waals surface area contributed by atoms with Gasteiger partial charge in [-0.1, -0.05) is 48.0 Å². The molecule has 26 heavy (non-hydrogen) atoms.